The zero-order valence-electron chi connectivity index (χ0n) is 18.3. The van der Waals surface area contributed by atoms with Crippen LogP contribution in [0.15, 0.2) is 24.3 Å². The summed E-state index contributed by atoms with van der Waals surface area (Å²) in [6, 6.07) is 9.15. The van der Waals surface area contributed by atoms with Gasteiger partial charge in [-0.05, 0) is 62.8 Å². The molecule has 0 unspecified atom stereocenters. The molecule has 0 aliphatic carbocycles. The summed E-state index contributed by atoms with van der Waals surface area (Å²) in [4.78, 5) is 9.88. The van der Waals surface area contributed by atoms with E-state index in [0.717, 1.165) is 35.3 Å². The lowest BCUT2D eigenvalue weighted by atomic mass is 9.96. The van der Waals surface area contributed by atoms with Crippen molar-refractivity contribution in [2.24, 2.45) is 0 Å². The van der Waals surface area contributed by atoms with Gasteiger partial charge in [0.1, 0.15) is 0 Å². The van der Waals surface area contributed by atoms with Gasteiger partial charge in [0.2, 0.25) is 0 Å². The highest BCUT2D eigenvalue weighted by Crippen LogP contribution is 2.30. The fourth-order valence-electron chi connectivity index (χ4n) is 4.30. The van der Waals surface area contributed by atoms with Crippen LogP contribution in [0.3, 0.4) is 0 Å². The Hall–Kier alpha value is -1.96. The minimum absolute atomic E-state index is 1.10. The second-order valence-electron chi connectivity index (χ2n) is 8.32. The second kappa shape index (κ2) is 10.0. The number of aryl methyl sites for hydroxylation is 4. The van der Waals surface area contributed by atoms with Gasteiger partial charge in [-0.1, -0.05) is 64.5 Å². The van der Waals surface area contributed by atoms with Gasteiger partial charge in [-0.3, -0.25) is 9.97 Å². The number of fused-ring (bicyclic) bond motifs is 3. The summed E-state index contributed by atoms with van der Waals surface area (Å²) in [7, 11) is 0. The maximum absolute atomic E-state index is 4.94. The molecule has 0 saturated heterocycles. The van der Waals surface area contributed by atoms with Crippen molar-refractivity contribution in [1.82, 2.24) is 9.97 Å². The first-order valence-corrected chi connectivity index (χ1v) is 11.3. The third-order valence-electron chi connectivity index (χ3n) is 5.79. The summed E-state index contributed by atoms with van der Waals surface area (Å²) in [6.07, 6.45) is 12.6. The third kappa shape index (κ3) is 4.90. The van der Waals surface area contributed by atoms with Gasteiger partial charge in [0.25, 0.3) is 0 Å². The Kier molecular flexibility index (Phi) is 7.42. The number of hydrogen-bond donors (Lipinski definition) is 0. The van der Waals surface area contributed by atoms with Crippen LogP contribution in [0.1, 0.15) is 87.7 Å². The first-order valence-electron chi connectivity index (χ1n) is 11.3. The molecule has 0 spiro atoms. The van der Waals surface area contributed by atoms with Crippen molar-refractivity contribution < 1.29 is 0 Å². The van der Waals surface area contributed by atoms with E-state index in [4.69, 9.17) is 9.97 Å². The lowest BCUT2D eigenvalue weighted by molar-refractivity contribution is 0.667. The van der Waals surface area contributed by atoms with Crippen LogP contribution < -0.4 is 0 Å². The Balaban J connectivity index is 2.00. The highest BCUT2D eigenvalue weighted by molar-refractivity contribution is 6.05. The van der Waals surface area contributed by atoms with Gasteiger partial charge in [0, 0.05) is 22.2 Å². The van der Waals surface area contributed by atoms with Crippen LogP contribution in [0.4, 0.5) is 0 Å². The topological polar surface area (TPSA) is 25.8 Å². The number of nitrogens with zero attached hydrogens (tertiary/aromatic N) is 2. The van der Waals surface area contributed by atoms with Crippen LogP contribution in [0.25, 0.3) is 21.8 Å². The van der Waals surface area contributed by atoms with Gasteiger partial charge in [-0.2, -0.15) is 0 Å². The number of rotatable bonds is 10. The second-order valence-corrected chi connectivity index (χ2v) is 8.32. The van der Waals surface area contributed by atoms with E-state index in [1.807, 2.05) is 0 Å². The Morgan fingerprint density at radius 2 is 1.04 bits per heavy atom. The summed E-state index contributed by atoms with van der Waals surface area (Å²) in [5.41, 5.74) is 7.29. The zero-order chi connectivity index (χ0) is 19.9. The Labute approximate surface area is 170 Å². The Morgan fingerprint density at radius 3 is 1.43 bits per heavy atom. The molecule has 150 valence electrons. The molecule has 2 heterocycles. The number of aromatic nitrogens is 2. The number of pyridine rings is 2. The van der Waals surface area contributed by atoms with E-state index in [-0.39, 0.29) is 0 Å². The number of unbranched alkanes of at least 4 members (excludes halogenated alkanes) is 6. The van der Waals surface area contributed by atoms with E-state index in [1.54, 1.807) is 0 Å². The molecule has 2 nitrogen and oxygen atoms in total. The van der Waals surface area contributed by atoms with Crippen LogP contribution in [-0.2, 0) is 12.8 Å². The molecule has 0 radical (unpaired) electrons. The molecule has 0 fully saturated rings. The molecule has 1 aromatic carbocycles. The summed E-state index contributed by atoms with van der Waals surface area (Å²) < 4.78 is 0. The zero-order valence-corrected chi connectivity index (χ0v) is 18.3. The predicted octanol–water partition coefficient (Wildman–Crippen LogP) is 7.65. The van der Waals surface area contributed by atoms with Crippen molar-refractivity contribution in [2.45, 2.75) is 91.9 Å². The van der Waals surface area contributed by atoms with E-state index < -0.39 is 0 Å². The van der Waals surface area contributed by atoms with Crippen molar-refractivity contribution >= 4 is 21.8 Å². The van der Waals surface area contributed by atoms with E-state index >= 15 is 0 Å². The largest absolute Gasteiger partial charge is 0.251 e. The number of hydrogen-bond acceptors (Lipinski definition) is 2. The van der Waals surface area contributed by atoms with Gasteiger partial charge in [0.15, 0.2) is 0 Å². The normalized spacial score (nSPS) is 11.6. The maximum atomic E-state index is 4.94. The lowest BCUT2D eigenvalue weighted by Gasteiger charge is -2.13. The highest BCUT2D eigenvalue weighted by atomic mass is 14.8. The molecule has 0 amide bonds. The maximum Gasteiger partial charge on any atom is 0.0970 e. The van der Waals surface area contributed by atoms with Crippen LogP contribution in [0.2, 0.25) is 0 Å². The molecular weight excluding hydrogens is 340 g/mol. The van der Waals surface area contributed by atoms with Crippen molar-refractivity contribution in [3.8, 4) is 0 Å². The van der Waals surface area contributed by atoms with Gasteiger partial charge in [-0.15, -0.1) is 0 Å². The number of benzene rings is 1. The smallest absolute Gasteiger partial charge is 0.0970 e. The lowest BCUT2D eigenvalue weighted by Crippen LogP contribution is -1.98. The van der Waals surface area contributed by atoms with Crippen molar-refractivity contribution in [3.05, 3.63) is 46.8 Å². The minimum atomic E-state index is 1.10. The first kappa shape index (κ1) is 20.8. The first-order chi connectivity index (χ1) is 13.6. The van der Waals surface area contributed by atoms with Crippen LogP contribution in [-0.4, -0.2) is 9.97 Å². The van der Waals surface area contributed by atoms with Gasteiger partial charge < -0.3 is 0 Å². The molecule has 0 bridgehead atoms. The molecule has 0 N–H and O–H groups in total. The minimum Gasteiger partial charge on any atom is -0.251 e. The van der Waals surface area contributed by atoms with E-state index in [2.05, 4.69) is 52.0 Å². The molecule has 2 aromatic heterocycles. The standard InChI is InChI=1S/C26H36N2/c1-5-7-9-11-13-21-17-19(3)27-25-23(21)15-16-24-22(14-12-10-8-6-2)18-20(4)28-26(24)25/h15-18H,5-14H2,1-4H3. The van der Waals surface area contributed by atoms with Crippen LogP contribution in [0.5, 0.6) is 0 Å². The quantitative estimate of drug-likeness (QED) is 0.268. The summed E-state index contributed by atoms with van der Waals surface area (Å²) in [5, 5.41) is 2.59. The monoisotopic (exact) mass is 376 g/mol. The van der Waals surface area contributed by atoms with Gasteiger partial charge >= 0.3 is 0 Å². The Bertz CT molecular complexity index is 850. The molecular formula is C26H36N2. The molecule has 2 heteroatoms. The van der Waals surface area contributed by atoms with E-state index in [9.17, 15) is 0 Å². The molecule has 28 heavy (non-hydrogen) atoms. The third-order valence-corrected chi connectivity index (χ3v) is 5.79. The SMILES string of the molecule is CCCCCCc1cc(C)nc2c1ccc1c(CCCCCC)cc(C)nc12. The predicted molar refractivity (Wildman–Crippen MR) is 122 cm³/mol. The van der Waals surface area contributed by atoms with Crippen molar-refractivity contribution in [3.63, 3.8) is 0 Å². The molecule has 0 atom stereocenters. The van der Waals surface area contributed by atoms with Crippen molar-refractivity contribution in [2.75, 3.05) is 0 Å². The molecule has 0 aliphatic rings. The summed E-state index contributed by atoms with van der Waals surface area (Å²) in [6.45, 7) is 8.78. The molecule has 0 saturated carbocycles. The van der Waals surface area contributed by atoms with E-state index in [1.165, 1.54) is 73.3 Å². The van der Waals surface area contributed by atoms with Gasteiger partial charge in [0.05, 0.1) is 11.0 Å². The highest BCUT2D eigenvalue weighted by Gasteiger charge is 2.12. The molecule has 0 aliphatic heterocycles. The Morgan fingerprint density at radius 1 is 0.607 bits per heavy atom. The van der Waals surface area contributed by atoms with Crippen LogP contribution >= 0.6 is 0 Å². The average molecular weight is 377 g/mol. The van der Waals surface area contributed by atoms with Crippen molar-refractivity contribution in [1.29, 1.82) is 0 Å². The average Bonchev–Trinajstić information content (AvgIpc) is 2.68. The fraction of sp³-hybridized carbons (Fsp3) is 0.538. The summed E-state index contributed by atoms with van der Waals surface area (Å²) >= 11 is 0. The van der Waals surface area contributed by atoms with Gasteiger partial charge in [-0.25, -0.2) is 0 Å². The molecule has 3 rings (SSSR count). The van der Waals surface area contributed by atoms with E-state index in [0.29, 0.717) is 0 Å². The van der Waals surface area contributed by atoms with Crippen LogP contribution in [0, 0.1) is 13.8 Å². The summed E-state index contributed by atoms with van der Waals surface area (Å²) in [5.74, 6) is 0. The molecule has 3 aromatic rings. The fourth-order valence-corrected chi connectivity index (χ4v) is 4.30.